The van der Waals surface area contributed by atoms with Crippen molar-refractivity contribution in [2.24, 2.45) is 0 Å². The third-order valence-electron chi connectivity index (χ3n) is 1.50. The normalized spacial score (nSPS) is 10.6. The monoisotopic (exact) mass is 314 g/mol. The van der Waals surface area contributed by atoms with E-state index >= 15 is 0 Å². The first-order valence-corrected chi connectivity index (χ1v) is 5.00. The molecule has 0 radical (unpaired) electrons. The van der Waals surface area contributed by atoms with Crippen LogP contribution in [0.5, 0.6) is 5.75 Å². The van der Waals surface area contributed by atoms with E-state index in [2.05, 4.69) is 36.6 Å². The maximum atomic E-state index is 12.0. The molecule has 0 spiro atoms. The van der Waals surface area contributed by atoms with E-state index in [0.29, 0.717) is 10.0 Å². The van der Waals surface area contributed by atoms with Crippen LogP contribution in [0.15, 0.2) is 21.1 Å². The Balaban J connectivity index is 3.10. The van der Waals surface area contributed by atoms with Crippen molar-refractivity contribution in [3.63, 3.8) is 0 Å². The molecule has 0 aliphatic rings. The SMILES string of the molecule is Cc1c(Br)ccc(Br)c1OC(F)F. The van der Waals surface area contributed by atoms with Crippen LogP contribution in [0, 0.1) is 6.92 Å². The Morgan fingerprint density at radius 3 is 2.31 bits per heavy atom. The highest BCUT2D eigenvalue weighted by atomic mass is 79.9. The number of ether oxygens (including phenoxy) is 1. The summed E-state index contributed by atoms with van der Waals surface area (Å²) >= 11 is 6.35. The summed E-state index contributed by atoms with van der Waals surface area (Å²) in [4.78, 5) is 0. The first-order chi connectivity index (χ1) is 6.02. The van der Waals surface area contributed by atoms with Gasteiger partial charge in [0.15, 0.2) is 0 Å². The number of halogens is 4. The summed E-state index contributed by atoms with van der Waals surface area (Å²) in [5.74, 6) is 0.171. The number of hydrogen-bond donors (Lipinski definition) is 0. The molecule has 0 aliphatic heterocycles. The van der Waals surface area contributed by atoms with Gasteiger partial charge in [-0.15, -0.1) is 0 Å². The van der Waals surface area contributed by atoms with Crippen LogP contribution >= 0.6 is 31.9 Å². The summed E-state index contributed by atoms with van der Waals surface area (Å²) in [5.41, 5.74) is 0.648. The fraction of sp³-hybridized carbons (Fsp3) is 0.250. The van der Waals surface area contributed by atoms with Crippen molar-refractivity contribution in [3.05, 3.63) is 26.6 Å². The lowest BCUT2D eigenvalue weighted by atomic mass is 10.2. The molecule has 1 rings (SSSR count). The Morgan fingerprint density at radius 1 is 1.23 bits per heavy atom. The molecule has 1 aromatic rings. The van der Waals surface area contributed by atoms with Crippen LogP contribution in [-0.2, 0) is 0 Å². The van der Waals surface area contributed by atoms with Crippen LogP contribution in [0.1, 0.15) is 5.56 Å². The third kappa shape index (κ3) is 2.64. The van der Waals surface area contributed by atoms with E-state index in [1.807, 2.05) is 0 Å². The molecule has 13 heavy (non-hydrogen) atoms. The molecule has 72 valence electrons. The van der Waals surface area contributed by atoms with E-state index in [1.165, 1.54) is 0 Å². The first kappa shape index (κ1) is 10.9. The molecular weight excluding hydrogens is 310 g/mol. The van der Waals surface area contributed by atoms with Gasteiger partial charge in [-0.25, -0.2) is 0 Å². The fourth-order valence-corrected chi connectivity index (χ4v) is 1.70. The molecule has 0 N–H and O–H groups in total. The van der Waals surface area contributed by atoms with Crippen LogP contribution in [0.2, 0.25) is 0 Å². The van der Waals surface area contributed by atoms with Gasteiger partial charge in [0.05, 0.1) is 4.47 Å². The predicted octanol–water partition coefficient (Wildman–Crippen LogP) is 4.12. The zero-order valence-electron chi connectivity index (χ0n) is 6.65. The summed E-state index contributed by atoms with van der Waals surface area (Å²) in [6.07, 6.45) is 0. The zero-order valence-corrected chi connectivity index (χ0v) is 9.82. The van der Waals surface area contributed by atoms with Gasteiger partial charge in [-0.2, -0.15) is 8.78 Å². The minimum atomic E-state index is -2.80. The minimum absolute atomic E-state index is 0.171. The summed E-state index contributed by atoms with van der Waals surface area (Å²) in [7, 11) is 0. The Bertz CT molecular complexity index is 315. The van der Waals surface area contributed by atoms with E-state index in [0.717, 1.165) is 4.47 Å². The molecule has 1 nitrogen and oxygen atoms in total. The van der Waals surface area contributed by atoms with Gasteiger partial charge in [0.1, 0.15) is 5.75 Å². The van der Waals surface area contributed by atoms with E-state index in [9.17, 15) is 8.78 Å². The number of alkyl halides is 2. The van der Waals surface area contributed by atoms with Crippen LogP contribution in [0.25, 0.3) is 0 Å². The van der Waals surface area contributed by atoms with Crippen molar-refractivity contribution in [1.29, 1.82) is 0 Å². The van der Waals surface area contributed by atoms with Crippen molar-refractivity contribution in [2.75, 3.05) is 0 Å². The largest absolute Gasteiger partial charge is 0.433 e. The third-order valence-corrected chi connectivity index (χ3v) is 2.98. The molecule has 1 aromatic carbocycles. The van der Waals surface area contributed by atoms with Crippen LogP contribution in [-0.4, -0.2) is 6.61 Å². The Labute approximate surface area is 91.3 Å². The minimum Gasteiger partial charge on any atom is -0.433 e. The molecule has 0 amide bonds. The van der Waals surface area contributed by atoms with Gasteiger partial charge < -0.3 is 4.74 Å². The van der Waals surface area contributed by atoms with E-state index in [4.69, 9.17) is 0 Å². The smallest absolute Gasteiger partial charge is 0.387 e. The quantitative estimate of drug-likeness (QED) is 0.797. The Kier molecular flexibility index (Phi) is 3.67. The highest BCUT2D eigenvalue weighted by Gasteiger charge is 2.12. The maximum Gasteiger partial charge on any atom is 0.387 e. The van der Waals surface area contributed by atoms with Crippen molar-refractivity contribution in [3.8, 4) is 5.75 Å². The maximum absolute atomic E-state index is 12.0. The van der Waals surface area contributed by atoms with E-state index in [-0.39, 0.29) is 5.75 Å². The highest BCUT2D eigenvalue weighted by Crippen LogP contribution is 2.34. The van der Waals surface area contributed by atoms with Crippen molar-refractivity contribution < 1.29 is 13.5 Å². The Hall–Kier alpha value is -0.160. The molecule has 0 heterocycles. The Morgan fingerprint density at radius 2 is 1.77 bits per heavy atom. The van der Waals surface area contributed by atoms with Gasteiger partial charge in [0, 0.05) is 10.0 Å². The highest BCUT2D eigenvalue weighted by molar-refractivity contribution is 9.11. The molecule has 0 fully saturated rings. The van der Waals surface area contributed by atoms with Crippen molar-refractivity contribution in [2.45, 2.75) is 13.5 Å². The summed E-state index contributed by atoms with van der Waals surface area (Å²) in [5, 5.41) is 0. The lowest BCUT2D eigenvalue weighted by Gasteiger charge is -2.10. The lowest BCUT2D eigenvalue weighted by molar-refractivity contribution is -0.0508. The van der Waals surface area contributed by atoms with E-state index < -0.39 is 6.61 Å². The van der Waals surface area contributed by atoms with Gasteiger partial charge in [0.25, 0.3) is 0 Å². The number of benzene rings is 1. The number of hydrogen-bond acceptors (Lipinski definition) is 1. The van der Waals surface area contributed by atoms with Crippen molar-refractivity contribution >= 4 is 31.9 Å². The van der Waals surface area contributed by atoms with Crippen LogP contribution in [0.3, 0.4) is 0 Å². The molecular formula is C8H6Br2F2O. The van der Waals surface area contributed by atoms with Crippen molar-refractivity contribution in [1.82, 2.24) is 0 Å². The molecule has 0 atom stereocenters. The first-order valence-electron chi connectivity index (χ1n) is 3.41. The van der Waals surface area contributed by atoms with Gasteiger partial charge in [-0.05, 0) is 35.0 Å². The summed E-state index contributed by atoms with van der Waals surface area (Å²) in [6.45, 7) is -1.10. The average molecular weight is 316 g/mol. The molecule has 0 saturated carbocycles. The second kappa shape index (κ2) is 4.37. The average Bonchev–Trinajstić information content (AvgIpc) is 2.05. The topological polar surface area (TPSA) is 9.23 Å². The molecule has 5 heteroatoms. The van der Waals surface area contributed by atoms with Gasteiger partial charge in [-0.1, -0.05) is 15.9 Å². The molecule has 0 saturated heterocycles. The van der Waals surface area contributed by atoms with Gasteiger partial charge in [-0.3, -0.25) is 0 Å². The van der Waals surface area contributed by atoms with Gasteiger partial charge >= 0.3 is 6.61 Å². The molecule has 0 aromatic heterocycles. The van der Waals surface area contributed by atoms with E-state index in [1.54, 1.807) is 19.1 Å². The molecule has 0 bridgehead atoms. The second-order valence-electron chi connectivity index (χ2n) is 2.36. The fourth-order valence-electron chi connectivity index (χ4n) is 0.868. The van der Waals surface area contributed by atoms with Crippen LogP contribution < -0.4 is 4.74 Å². The second-order valence-corrected chi connectivity index (χ2v) is 4.07. The van der Waals surface area contributed by atoms with Crippen LogP contribution in [0.4, 0.5) is 8.78 Å². The standard InChI is InChI=1S/C8H6Br2F2O/c1-4-5(9)2-3-6(10)7(4)13-8(11)12/h2-3,8H,1H3. The molecule has 0 aliphatic carbocycles. The summed E-state index contributed by atoms with van der Waals surface area (Å²) < 4.78 is 29.5. The summed E-state index contributed by atoms with van der Waals surface area (Å²) in [6, 6.07) is 3.41. The predicted molar refractivity (Wildman–Crippen MR) is 53.2 cm³/mol. The molecule has 0 unspecified atom stereocenters. The van der Waals surface area contributed by atoms with Gasteiger partial charge in [0.2, 0.25) is 0 Å². The zero-order chi connectivity index (χ0) is 10.0. The lowest BCUT2D eigenvalue weighted by Crippen LogP contribution is -2.04. The number of rotatable bonds is 2.